The predicted molar refractivity (Wildman–Crippen MR) is 117 cm³/mol. The van der Waals surface area contributed by atoms with Crippen molar-refractivity contribution in [3.63, 3.8) is 0 Å². The molecule has 2 atom stereocenters. The first-order chi connectivity index (χ1) is 16.1. The molecule has 1 spiro atoms. The number of hydrogen-bond donors (Lipinski definition) is 1. The summed E-state index contributed by atoms with van der Waals surface area (Å²) in [5, 5.41) is 2.84. The van der Waals surface area contributed by atoms with Crippen LogP contribution >= 0.6 is 0 Å². The lowest BCUT2D eigenvalue weighted by Gasteiger charge is -2.49. The summed E-state index contributed by atoms with van der Waals surface area (Å²) in [5.74, 6) is -3.66. The fourth-order valence-electron chi connectivity index (χ4n) is 5.35. The first-order valence-corrected chi connectivity index (χ1v) is 11.2. The summed E-state index contributed by atoms with van der Waals surface area (Å²) in [6, 6.07) is 11.4. The highest BCUT2D eigenvalue weighted by Gasteiger charge is 2.51. The number of benzene rings is 2. The molecule has 4 rings (SSSR count). The van der Waals surface area contributed by atoms with Gasteiger partial charge in [0.15, 0.2) is 5.92 Å². The normalized spacial score (nSPS) is 21.1. The molecular weight excluding hydrogens is 452 g/mol. The molecule has 0 aliphatic carbocycles. The standard InChI is InChI=1S/C25H26F4N2O3/c1-34-20-13-17(26)7-8-18(20)19-15-30-21(32)14-24(19)9-11-31(12-10-24)23(33)22(25(27,28)29)16-5-3-2-4-6-16/h2-8,13,19,22H,9-12,14-15H2,1H3,(H,30,32). The van der Waals surface area contributed by atoms with Crippen molar-refractivity contribution in [1.82, 2.24) is 10.2 Å². The summed E-state index contributed by atoms with van der Waals surface area (Å²) in [5.41, 5.74) is 0.0809. The van der Waals surface area contributed by atoms with Crippen molar-refractivity contribution in [2.45, 2.75) is 37.3 Å². The summed E-state index contributed by atoms with van der Waals surface area (Å²) in [6.45, 7) is 0.515. The Balaban J connectivity index is 1.59. The van der Waals surface area contributed by atoms with Crippen LogP contribution in [0, 0.1) is 11.2 Å². The Morgan fingerprint density at radius 2 is 1.82 bits per heavy atom. The lowest BCUT2D eigenvalue weighted by molar-refractivity contribution is -0.173. The number of methoxy groups -OCH3 is 1. The molecule has 2 aliphatic heterocycles. The molecule has 1 N–H and O–H groups in total. The number of likely N-dealkylation sites (tertiary alicyclic amines) is 1. The zero-order chi connectivity index (χ0) is 24.5. The van der Waals surface area contributed by atoms with Crippen LogP contribution in [0.15, 0.2) is 48.5 Å². The molecule has 0 aromatic heterocycles. The van der Waals surface area contributed by atoms with Crippen molar-refractivity contribution in [2.24, 2.45) is 5.41 Å². The minimum Gasteiger partial charge on any atom is -0.496 e. The molecule has 34 heavy (non-hydrogen) atoms. The molecule has 182 valence electrons. The van der Waals surface area contributed by atoms with E-state index in [1.807, 2.05) is 0 Å². The zero-order valence-electron chi connectivity index (χ0n) is 18.7. The molecule has 9 heteroatoms. The first-order valence-electron chi connectivity index (χ1n) is 11.2. The van der Waals surface area contributed by atoms with Crippen LogP contribution in [-0.2, 0) is 9.59 Å². The fourth-order valence-corrected chi connectivity index (χ4v) is 5.35. The summed E-state index contributed by atoms with van der Waals surface area (Å²) >= 11 is 0. The number of nitrogens with one attached hydrogen (secondary N) is 1. The monoisotopic (exact) mass is 478 g/mol. The summed E-state index contributed by atoms with van der Waals surface area (Å²) in [4.78, 5) is 26.6. The topological polar surface area (TPSA) is 58.6 Å². The van der Waals surface area contributed by atoms with Crippen LogP contribution in [0.4, 0.5) is 17.6 Å². The molecule has 0 bridgehead atoms. The molecule has 2 saturated heterocycles. The Labute approximate surface area is 195 Å². The van der Waals surface area contributed by atoms with Crippen LogP contribution in [0.2, 0.25) is 0 Å². The number of alkyl halides is 3. The van der Waals surface area contributed by atoms with Gasteiger partial charge >= 0.3 is 6.18 Å². The molecule has 0 saturated carbocycles. The quantitative estimate of drug-likeness (QED) is 0.663. The number of nitrogens with zero attached hydrogens (tertiary/aromatic N) is 1. The molecule has 2 heterocycles. The van der Waals surface area contributed by atoms with E-state index in [0.717, 1.165) is 5.56 Å². The van der Waals surface area contributed by atoms with Crippen molar-refractivity contribution < 1.29 is 31.9 Å². The van der Waals surface area contributed by atoms with Gasteiger partial charge in [0.1, 0.15) is 11.6 Å². The number of carbonyl (C=O) groups is 2. The molecule has 2 aromatic rings. The Morgan fingerprint density at radius 1 is 1.15 bits per heavy atom. The average Bonchev–Trinajstić information content (AvgIpc) is 2.80. The van der Waals surface area contributed by atoms with E-state index in [0.29, 0.717) is 25.1 Å². The highest BCUT2D eigenvalue weighted by molar-refractivity contribution is 5.85. The van der Waals surface area contributed by atoms with E-state index in [-0.39, 0.29) is 36.9 Å². The number of halogens is 4. The molecule has 2 fully saturated rings. The van der Waals surface area contributed by atoms with E-state index >= 15 is 0 Å². The second-order valence-corrected chi connectivity index (χ2v) is 8.99. The van der Waals surface area contributed by atoms with E-state index in [2.05, 4.69) is 5.32 Å². The van der Waals surface area contributed by atoms with Crippen LogP contribution in [0.5, 0.6) is 5.75 Å². The Bertz CT molecular complexity index is 1050. The third-order valence-corrected chi connectivity index (χ3v) is 7.10. The number of carbonyl (C=O) groups excluding carboxylic acids is 2. The van der Waals surface area contributed by atoms with Gasteiger partial charge in [-0.25, -0.2) is 4.39 Å². The Morgan fingerprint density at radius 3 is 2.44 bits per heavy atom. The molecular formula is C25H26F4N2O3. The summed E-state index contributed by atoms with van der Waals surface area (Å²) in [6.07, 6.45) is -3.82. The summed E-state index contributed by atoms with van der Waals surface area (Å²) in [7, 11) is 1.44. The maximum Gasteiger partial charge on any atom is 0.404 e. The van der Waals surface area contributed by atoms with E-state index in [1.165, 1.54) is 48.4 Å². The van der Waals surface area contributed by atoms with Crippen molar-refractivity contribution in [3.8, 4) is 5.75 Å². The number of ether oxygens (including phenoxy) is 1. The van der Waals surface area contributed by atoms with Crippen molar-refractivity contribution in [1.29, 1.82) is 0 Å². The van der Waals surface area contributed by atoms with Crippen LogP contribution in [0.25, 0.3) is 0 Å². The number of rotatable bonds is 4. The van der Waals surface area contributed by atoms with Gasteiger partial charge in [-0.3, -0.25) is 9.59 Å². The maximum atomic E-state index is 13.9. The lowest BCUT2D eigenvalue weighted by Crippen LogP contribution is -2.54. The highest BCUT2D eigenvalue weighted by Crippen LogP contribution is 2.51. The van der Waals surface area contributed by atoms with Crippen LogP contribution < -0.4 is 10.1 Å². The van der Waals surface area contributed by atoms with Gasteiger partial charge in [-0.05, 0) is 35.4 Å². The SMILES string of the molecule is COc1cc(F)ccc1C1CNC(=O)CC12CCN(C(=O)C(c1ccccc1)C(F)(F)F)CC2. The molecule has 2 unspecified atom stereocenters. The average molecular weight is 478 g/mol. The van der Waals surface area contributed by atoms with Gasteiger partial charge in [0.05, 0.1) is 7.11 Å². The third kappa shape index (κ3) is 4.60. The van der Waals surface area contributed by atoms with Gasteiger partial charge < -0.3 is 15.0 Å². The highest BCUT2D eigenvalue weighted by atomic mass is 19.4. The second-order valence-electron chi connectivity index (χ2n) is 8.99. The van der Waals surface area contributed by atoms with Gasteiger partial charge in [0.25, 0.3) is 0 Å². The van der Waals surface area contributed by atoms with Gasteiger partial charge in [-0.1, -0.05) is 36.4 Å². The third-order valence-electron chi connectivity index (χ3n) is 7.10. The molecule has 2 aromatic carbocycles. The second kappa shape index (κ2) is 9.27. The number of amides is 2. The minimum atomic E-state index is -4.72. The zero-order valence-corrected chi connectivity index (χ0v) is 18.7. The maximum absolute atomic E-state index is 13.9. The van der Waals surface area contributed by atoms with Crippen molar-refractivity contribution in [3.05, 3.63) is 65.5 Å². The van der Waals surface area contributed by atoms with E-state index in [1.54, 1.807) is 12.1 Å². The van der Waals surface area contributed by atoms with Crippen LogP contribution in [0.1, 0.15) is 42.2 Å². The predicted octanol–water partition coefficient (Wildman–Crippen LogP) is 4.39. The van der Waals surface area contributed by atoms with E-state index in [9.17, 15) is 27.2 Å². The van der Waals surface area contributed by atoms with Crippen LogP contribution in [0.3, 0.4) is 0 Å². The van der Waals surface area contributed by atoms with E-state index < -0.39 is 29.2 Å². The van der Waals surface area contributed by atoms with Gasteiger partial charge in [0.2, 0.25) is 11.8 Å². The number of piperidine rings is 2. The smallest absolute Gasteiger partial charge is 0.404 e. The van der Waals surface area contributed by atoms with Crippen LogP contribution in [-0.4, -0.2) is 49.6 Å². The Hall–Kier alpha value is -3.10. The van der Waals surface area contributed by atoms with Gasteiger partial charge in [-0.2, -0.15) is 13.2 Å². The molecule has 5 nitrogen and oxygen atoms in total. The van der Waals surface area contributed by atoms with Gasteiger partial charge in [-0.15, -0.1) is 0 Å². The molecule has 2 amide bonds. The minimum absolute atomic E-state index is 0.0914. The first kappa shape index (κ1) is 24.0. The largest absolute Gasteiger partial charge is 0.496 e. The molecule has 0 radical (unpaired) electrons. The van der Waals surface area contributed by atoms with E-state index in [4.69, 9.17) is 4.74 Å². The molecule has 2 aliphatic rings. The Kier molecular flexibility index (Phi) is 6.55. The summed E-state index contributed by atoms with van der Waals surface area (Å²) < 4.78 is 60.7. The van der Waals surface area contributed by atoms with Gasteiger partial charge in [0, 0.05) is 38.0 Å². The van der Waals surface area contributed by atoms with Crippen molar-refractivity contribution in [2.75, 3.05) is 26.7 Å². The lowest BCUT2D eigenvalue weighted by atomic mass is 9.62. The fraction of sp³-hybridized carbons (Fsp3) is 0.440. The van der Waals surface area contributed by atoms with Crippen molar-refractivity contribution >= 4 is 11.8 Å². The number of hydrogen-bond acceptors (Lipinski definition) is 3.